The Morgan fingerprint density at radius 2 is 1.88 bits per heavy atom. The van der Waals surface area contributed by atoms with Gasteiger partial charge in [0.1, 0.15) is 11.5 Å². The summed E-state index contributed by atoms with van der Waals surface area (Å²) in [6.45, 7) is 2.44. The lowest BCUT2D eigenvalue weighted by molar-refractivity contribution is 0.517. The molecule has 1 N–H and O–H groups in total. The first kappa shape index (κ1) is 15.1. The minimum absolute atomic E-state index is 0.519. The third kappa shape index (κ3) is 3.14. The van der Waals surface area contributed by atoms with E-state index in [0.717, 1.165) is 33.9 Å². The van der Waals surface area contributed by atoms with E-state index < -0.39 is 0 Å². The highest BCUT2D eigenvalue weighted by atomic mass is 16.3. The highest BCUT2D eigenvalue weighted by molar-refractivity contribution is 5.81. The van der Waals surface area contributed by atoms with E-state index in [0.29, 0.717) is 12.5 Å². The molecule has 6 heteroatoms. The van der Waals surface area contributed by atoms with Crippen LogP contribution in [0.2, 0.25) is 0 Å². The van der Waals surface area contributed by atoms with Gasteiger partial charge in [0, 0.05) is 29.7 Å². The molecule has 124 valence electrons. The largest absolute Gasteiger partial charge is 0.469 e. The summed E-state index contributed by atoms with van der Waals surface area (Å²) < 4.78 is 10.8. The zero-order valence-corrected chi connectivity index (χ0v) is 13.6. The highest BCUT2D eigenvalue weighted by Gasteiger charge is 2.15. The molecule has 4 aromatic heterocycles. The first-order chi connectivity index (χ1) is 12.3. The van der Waals surface area contributed by atoms with Gasteiger partial charge in [-0.05, 0) is 42.8 Å². The van der Waals surface area contributed by atoms with Crippen LogP contribution in [-0.2, 0) is 6.54 Å². The number of nitrogens with one attached hydrogen (secondary N) is 1. The lowest BCUT2D eigenvalue weighted by atomic mass is 10.0. The second-order valence-corrected chi connectivity index (χ2v) is 5.52. The predicted octanol–water partition coefficient (Wildman–Crippen LogP) is 4.31. The topological polar surface area (TPSA) is 77.0 Å². The summed E-state index contributed by atoms with van der Waals surface area (Å²) in [7, 11) is 0. The summed E-state index contributed by atoms with van der Waals surface area (Å²) in [6, 6.07) is 9.55. The van der Waals surface area contributed by atoms with Crippen molar-refractivity contribution < 1.29 is 8.83 Å². The van der Waals surface area contributed by atoms with E-state index >= 15 is 0 Å². The van der Waals surface area contributed by atoms with E-state index in [2.05, 4.69) is 15.3 Å². The van der Waals surface area contributed by atoms with Crippen molar-refractivity contribution in [3.8, 4) is 22.4 Å². The number of furan rings is 2. The van der Waals surface area contributed by atoms with Gasteiger partial charge in [-0.1, -0.05) is 0 Å². The Hall–Kier alpha value is -3.41. The van der Waals surface area contributed by atoms with Crippen LogP contribution in [0.15, 0.2) is 70.3 Å². The van der Waals surface area contributed by atoms with Crippen molar-refractivity contribution in [1.29, 1.82) is 0 Å². The molecule has 0 saturated heterocycles. The number of rotatable bonds is 5. The quantitative estimate of drug-likeness (QED) is 0.587. The molecule has 0 saturated carbocycles. The molecule has 0 amide bonds. The molecule has 4 aromatic rings. The van der Waals surface area contributed by atoms with Gasteiger partial charge < -0.3 is 14.2 Å². The fraction of sp³-hybridized carbons (Fsp3) is 0.105. The number of aryl methyl sites for hydroxylation is 1. The fourth-order valence-corrected chi connectivity index (χ4v) is 2.63. The zero-order chi connectivity index (χ0) is 17.1. The summed E-state index contributed by atoms with van der Waals surface area (Å²) in [4.78, 5) is 13.2. The Morgan fingerprint density at radius 1 is 1.00 bits per heavy atom. The molecule has 0 bridgehead atoms. The number of nitrogens with zero attached hydrogens (tertiary/aromatic N) is 3. The maximum Gasteiger partial charge on any atom is 0.223 e. The summed E-state index contributed by atoms with van der Waals surface area (Å²) >= 11 is 0. The molecule has 25 heavy (non-hydrogen) atoms. The molecule has 4 heterocycles. The average Bonchev–Trinajstić information content (AvgIpc) is 3.32. The third-order valence-corrected chi connectivity index (χ3v) is 3.89. The molecule has 4 rings (SSSR count). The molecule has 0 aliphatic rings. The Morgan fingerprint density at radius 3 is 2.60 bits per heavy atom. The van der Waals surface area contributed by atoms with Crippen LogP contribution in [0.4, 0.5) is 5.95 Å². The maximum absolute atomic E-state index is 5.46. The summed E-state index contributed by atoms with van der Waals surface area (Å²) in [5.41, 5.74) is 3.68. The second-order valence-electron chi connectivity index (χ2n) is 5.52. The third-order valence-electron chi connectivity index (χ3n) is 3.89. The van der Waals surface area contributed by atoms with Crippen LogP contribution in [-0.4, -0.2) is 15.0 Å². The standard InChI is InChI=1S/C19H16N4O2/c1-13-16(6-10-24-13)18-17(14-4-7-20-8-5-14)12-22-19(23-18)21-11-15-3-2-9-25-15/h2-10,12H,11H2,1H3,(H,21,22,23). The monoisotopic (exact) mass is 332 g/mol. The summed E-state index contributed by atoms with van der Waals surface area (Å²) in [5.74, 6) is 2.17. The van der Waals surface area contributed by atoms with Gasteiger partial charge in [0.2, 0.25) is 5.95 Å². The van der Waals surface area contributed by atoms with Crippen LogP contribution in [0.5, 0.6) is 0 Å². The van der Waals surface area contributed by atoms with Gasteiger partial charge in [0.05, 0.1) is 24.8 Å². The van der Waals surface area contributed by atoms with Crippen LogP contribution in [0.1, 0.15) is 11.5 Å². The van der Waals surface area contributed by atoms with E-state index in [-0.39, 0.29) is 0 Å². The zero-order valence-electron chi connectivity index (χ0n) is 13.6. The number of pyridine rings is 1. The smallest absolute Gasteiger partial charge is 0.223 e. The molecule has 0 radical (unpaired) electrons. The van der Waals surface area contributed by atoms with Crippen LogP contribution in [0.25, 0.3) is 22.4 Å². The van der Waals surface area contributed by atoms with E-state index in [4.69, 9.17) is 13.8 Å². The normalized spacial score (nSPS) is 10.8. The van der Waals surface area contributed by atoms with Crippen LogP contribution in [0.3, 0.4) is 0 Å². The fourth-order valence-electron chi connectivity index (χ4n) is 2.63. The lowest BCUT2D eigenvalue weighted by Gasteiger charge is -2.10. The van der Waals surface area contributed by atoms with Crippen molar-refractivity contribution in [2.45, 2.75) is 13.5 Å². The molecular weight excluding hydrogens is 316 g/mol. The summed E-state index contributed by atoms with van der Waals surface area (Å²) in [6.07, 6.45) is 8.63. The number of anilines is 1. The molecule has 0 unspecified atom stereocenters. The Bertz CT molecular complexity index is 962. The van der Waals surface area contributed by atoms with E-state index in [1.54, 1.807) is 24.9 Å². The van der Waals surface area contributed by atoms with Crippen molar-refractivity contribution in [3.63, 3.8) is 0 Å². The molecule has 0 atom stereocenters. The Balaban J connectivity index is 1.73. The van der Waals surface area contributed by atoms with Gasteiger partial charge in [0.25, 0.3) is 0 Å². The minimum Gasteiger partial charge on any atom is -0.469 e. The van der Waals surface area contributed by atoms with Crippen LogP contribution < -0.4 is 5.32 Å². The Kier molecular flexibility index (Phi) is 4.00. The first-order valence-corrected chi connectivity index (χ1v) is 7.89. The van der Waals surface area contributed by atoms with Gasteiger partial charge in [-0.3, -0.25) is 4.98 Å². The van der Waals surface area contributed by atoms with Crippen LogP contribution in [0, 0.1) is 6.92 Å². The lowest BCUT2D eigenvalue weighted by Crippen LogP contribution is -2.04. The van der Waals surface area contributed by atoms with Crippen molar-refractivity contribution in [3.05, 3.63) is 73.0 Å². The van der Waals surface area contributed by atoms with E-state index in [9.17, 15) is 0 Å². The number of aromatic nitrogens is 3. The van der Waals surface area contributed by atoms with Gasteiger partial charge in [-0.2, -0.15) is 0 Å². The molecular formula is C19H16N4O2. The van der Waals surface area contributed by atoms with Crippen molar-refractivity contribution in [2.24, 2.45) is 0 Å². The molecule has 6 nitrogen and oxygen atoms in total. The number of hydrogen-bond acceptors (Lipinski definition) is 6. The predicted molar refractivity (Wildman–Crippen MR) is 93.7 cm³/mol. The SMILES string of the molecule is Cc1occc1-c1nc(NCc2ccco2)ncc1-c1ccncc1. The van der Waals surface area contributed by atoms with Crippen LogP contribution >= 0.6 is 0 Å². The van der Waals surface area contributed by atoms with E-state index in [1.165, 1.54) is 0 Å². The van der Waals surface area contributed by atoms with Gasteiger partial charge >= 0.3 is 0 Å². The number of hydrogen-bond donors (Lipinski definition) is 1. The van der Waals surface area contributed by atoms with Crippen molar-refractivity contribution in [1.82, 2.24) is 15.0 Å². The van der Waals surface area contributed by atoms with Crippen molar-refractivity contribution in [2.75, 3.05) is 5.32 Å². The highest BCUT2D eigenvalue weighted by Crippen LogP contribution is 2.32. The molecule has 0 fully saturated rings. The van der Waals surface area contributed by atoms with Gasteiger partial charge in [0.15, 0.2) is 0 Å². The summed E-state index contributed by atoms with van der Waals surface area (Å²) in [5, 5.41) is 3.19. The van der Waals surface area contributed by atoms with Gasteiger partial charge in [-0.25, -0.2) is 9.97 Å². The second kappa shape index (κ2) is 6.60. The molecule has 0 aliphatic heterocycles. The van der Waals surface area contributed by atoms with Gasteiger partial charge in [-0.15, -0.1) is 0 Å². The average molecular weight is 332 g/mol. The van der Waals surface area contributed by atoms with E-state index in [1.807, 2.05) is 43.5 Å². The minimum atomic E-state index is 0.519. The molecule has 0 aromatic carbocycles. The molecule has 0 spiro atoms. The first-order valence-electron chi connectivity index (χ1n) is 7.89. The molecule has 0 aliphatic carbocycles. The maximum atomic E-state index is 5.46. The van der Waals surface area contributed by atoms with Crippen molar-refractivity contribution >= 4 is 5.95 Å². The Labute approximate surface area is 144 Å².